The number of hydrogen-bond donors (Lipinski definition) is 3. The number of nitrogens with zero attached hydrogens (tertiary/aromatic N) is 4. The molecule has 32 heavy (non-hydrogen) atoms. The second-order valence-electron chi connectivity index (χ2n) is 6.77. The van der Waals surface area contributed by atoms with Gasteiger partial charge in [0.2, 0.25) is 5.95 Å². The Bertz CT molecular complexity index is 994. The summed E-state index contributed by atoms with van der Waals surface area (Å²) < 4.78 is 66.9. The minimum absolute atomic E-state index is 0.0874. The van der Waals surface area contributed by atoms with Crippen molar-refractivity contribution < 1.29 is 26.7 Å². The maximum atomic E-state index is 14.5. The number of halogens is 5. The molecule has 1 fully saturated rings. The third-order valence-electron chi connectivity index (χ3n) is 4.68. The molecule has 1 saturated heterocycles. The van der Waals surface area contributed by atoms with Gasteiger partial charge in [0.15, 0.2) is 5.69 Å². The first-order chi connectivity index (χ1) is 15.1. The van der Waals surface area contributed by atoms with Gasteiger partial charge >= 0.3 is 6.18 Å². The van der Waals surface area contributed by atoms with Gasteiger partial charge in [-0.15, -0.1) is 0 Å². The second-order valence-corrected chi connectivity index (χ2v) is 6.77. The molecule has 3 rings (SSSR count). The number of allylic oxidation sites excluding steroid dienone is 1. The van der Waals surface area contributed by atoms with Crippen LogP contribution in [0, 0.1) is 5.41 Å². The Balaban J connectivity index is 1.76. The standard InChI is InChI=1S/C19H18F5N7O/c20-18(21)4-8-31(16(32)15-13(3-1-6-27-15)26-7-2-5-25)14(18)11-30-17-28-9-12(10-29-17)19(22,23)24/h1-3,5-7,9-10,14,25-26H,4,8,11H2,(H,28,29,30)/b7-2-,25-5?. The predicted molar refractivity (Wildman–Crippen MR) is 106 cm³/mol. The number of likely N-dealkylation sites (tertiary alicyclic amines) is 1. The Morgan fingerprint density at radius 1 is 1.28 bits per heavy atom. The number of carbonyl (C=O) groups excluding carboxylic acids is 1. The van der Waals surface area contributed by atoms with Gasteiger partial charge < -0.3 is 20.9 Å². The molecular formula is C19H18F5N7O. The lowest BCUT2D eigenvalue weighted by Gasteiger charge is -2.28. The van der Waals surface area contributed by atoms with Gasteiger partial charge in [0.25, 0.3) is 11.8 Å². The quantitative estimate of drug-likeness (QED) is 0.436. The van der Waals surface area contributed by atoms with Crippen molar-refractivity contribution in [3.05, 3.63) is 54.3 Å². The van der Waals surface area contributed by atoms with E-state index in [1.54, 1.807) is 6.07 Å². The van der Waals surface area contributed by atoms with Gasteiger partial charge in [-0.25, -0.2) is 23.7 Å². The molecule has 0 spiro atoms. The highest BCUT2D eigenvalue weighted by Crippen LogP contribution is 2.35. The van der Waals surface area contributed by atoms with E-state index in [1.165, 1.54) is 24.5 Å². The number of aromatic nitrogens is 3. The fraction of sp³-hybridized carbons (Fsp3) is 0.316. The van der Waals surface area contributed by atoms with E-state index in [9.17, 15) is 26.7 Å². The average molecular weight is 455 g/mol. The van der Waals surface area contributed by atoms with Crippen LogP contribution in [0.3, 0.4) is 0 Å². The molecule has 3 heterocycles. The van der Waals surface area contributed by atoms with Crippen molar-refractivity contribution >= 4 is 23.8 Å². The Morgan fingerprint density at radius 3 is 2.66 bits per heavy atom. The van der Waals surface area contributed by atoms with E-state index in [0.29, 0.717) is 12.4 Å². The lowest BCUT2D eigenvalue weighted by molar-refractivity contribution is -0.138. The van der Waals surface area contributed by atoms with Gasteiger partial charge in [-0.3, -0.25) is 4.79 Å². The monoisotopic (exact) mass is 455 g/mol. The number of amides is 1. The van der Waals surface area contributed by atoms with Crippen molar-refractivity contribution in [2.24, 2.45) is 0 Å². The molecule has 13 heteroatoms. The van der Waals surface area contributed by atoms with Crippen LogP contribution < -0.4 is 10.6 Å². The number of anilines is 2. The molecule has 170 valence electrons. The molecule has 3 N–H and O–H groups in total. The minimum Gasteiger partial charge on any atom is -0.360 e. The molecule has 1 unspecified atom stereocenters. The van der Waals surface area contributed by atoms with E-state index in [1.807, 2.05) is 0 Å². The number of alkyl halides is 5. The number of pyridine rings is 1. The fourth-order valence-electron chi connectivity index (χ4n) is 3.09. The zero-order valence-electron chi connectivity index (χ0n) is 16.4. The summed E-state index contributed by atoms with van der Waals surface area (Å²) in [5, 5.41) is 12.2. The lowest BCUT2D eigenvalue weighted by Crippen LogP contribution is -2.47. The van der Waals surface area contributed by atoms with Crippen LogP contribution in [0.1, 0.15) is 22.5 Å². The first-order valence-corrected chi connectivity index (χ1v) is 9.32. The van der Waals surface area contributed by atoms with Crippen LogP contribution >= 0.6 is 0 Å². The Morgan fingerprint density at radius 2 is 2.00 bits per heavy atom. The Hall–Kier alpha value is -3.64. The van der Waals surface area contributed by atoms with Crippen LogP contribution in [0.15, 0.2) is 43.0 Å². The van der Waals surface area contributed by atoms with E-state index < -0.39 is 42.6 Å². The maximum Gasteiger partial charge on any atom is 0.419 e. The van der Waals surface area contributed by atoms with Crippen molar-refractivity contribution in [2.45, 2.75) is 24.6 Å². The van der Waals surface area contributed by atoms with Gasteiger partial charge in [-0.1, -0.05) is 0 Å². The highest BCUT2D eigenvalue weighted by Gasteiger charge is 2.51. The van der Waals surface area contributed by atoms with Crippen LogP contribution in [-0.2, 0) is 6.18 Å². The van der Waals surface area contributed by atoms with Crippen LogP contribution in [0.2, 0.25) is 0 Å². The minimum atomic E-state index is -4.62. The zero-order valence-corrected chi connectivity index (χ0v) is 16.4. The van der Waals surface area contributed by atoms with E-state index in [0.717, 1.165) is 11.1 Å². The molecule has 0 saturated carbocycles. The summed E-state index contributed by atoms with van der Waals surface area (Å²) in [5.74, 6) is -4.25. The summed E-state index contributed by atoms with van der Waals surface area (Å²) >= 11 is 0. The van der Waals surface area contributed by atoms with Gasteiger partial charge in [0.1, 0.15) is 6.04 Å². The van der Waals surface area contributed by atoms with Crippen LogP contribution in [0.25, 0.3) is 0 Å². The van der Waals surface area contributed by atoms with Gasteiger partial charge in [0, 0.05) is 50.5 Å². The van der Waals surface area contributed by atoms with Crippen molar-refractivity contribution in [3.63, 3.8) is 0 Å². The Labute approximate surface area is 179 Å². The zero-order chi connectivity index (χ0) is 23.4. The van der Waals surface area contributed by atoms with Gasteiger partial charge in [-0.05, 0) is 18.2 Å². The summed E-state index contributed by atoms with van der Waals surface area (Å²) in [4.78, 5) is 25.0. The molecule has 1 amide bonds. The molecule has 0 bridgehead atoms. The van der Waals surface area contributed by atoms with E-state index in [2.05, 4.69) is 25.6 Å². The van der Waals surface area contributed by atoms with Crippen molar-refractivity contribution in [3.8, 4) is 0 Å². The largest absolute Gasteiger partial charge is 0.419 e. The van der Waals surface area contributed by atoms with E-state index in [-0.39, 0.29) is 23.9 Å². The van der Waals surface area contributed by atoms with Crippen LogP contribution in [0.5, 0.6) is 0 Å². The molecule has 2 aromatic heterocycles. The average Bonchev–Trinajstić information content (AvgIpc) is 3.06. The second kappa shape index (κ2) is 9.24. The topological polar surface area (TPSA) is 107 Å². The van der Waals surface area contributed by atoms with Gasteiger partial charge in [0.05, 0.1) is 11.3 Å². The molecule has 8 nitrogen and oxygen atoms in total. The van der Waals surface area contributed by atoms with E-state index >= 15 is 0 Å². The molecule has 0 aromatic carbocycles. The summed E-state index contributed by atoms with van der Waals surface area (Å²) in [6, 6.07) is 1.50. The third-order valence-corrected chi connectivity index (χ3v) is 4.68. The number of carbonyl (C=O) groups is 1. The summed E-state index contributed by atoms with van der Waals surface area (Å²) in [6.45, 7) is -0.716. The lowest BCUT2D eigenvalue weighted by atomic mass is 10.1. The molecule has 1 atom stereocenters. The molecular weight excluding hydrogens is 437 g/mol. The normalized spacial score (nSPS) is 18.0. The first kappa shape index (κ1) is 23.0. The summed E-state index contributed by atoms with van der Waals surface area (Å²) in [6.07, 6.45) is 0.984. The maximum absolute atomic E-state index is 14.5. The van der Waals surface area contributed by atoms with Crippen molar-refractivity contribution in [2.75, 3.05) is 23.7 Å². The number of rotatable bonds is 7. The number of hydrogen-bond acceptors (Lipinski definition) is 7. The van der Waals surface area contributed by atoms with Gasteiger partial charge in [-0.2, -0.15) is 13.2 Å². The SMILES string of the molecule is N=C/C=C\Nc1cccnc1C(=O)N1CCC(F)(F)C1CNc1ncc(C(F)(F)F)cn1. The molecule has 0 radical (unpaired) electrons. The van der Waals surface area contributed by atoms with Crippen LogP contribution in [-0.4, -0.2) is 57.0 Å². The summed E-state index contributed by atoms with van der Waals surface area (Å²) in [5.41, 5.74) is -0.891. The highest BCUT2D eigenvalue weighted by atomic mass is 19.4. The van der Waals surface area contributed by atoms with Crippen LogP contribution in [0.4, 0.5) is 33.6 Å². The van der Waals surface area contributed by atoms with Crippen molar-refractivity contribution in [1.82, 2.24) is 19.9 Å². The van der Waals surface area contributed by atoms with Crippen molar-refractivity contribution in [1.29, 1.82) is 5.41 Å². The molecule has 1 aliphatic rings. The number of nitrogens with one attached hydrogen (secondary N) is 3. The third kappa shape index (κ3) is 5.15. The summed E-state index contributed by atoms with van der Waals surface area (Å²) in [7, 11) is 0. The molecule has 0 aliphatic carbocycles. The predicted octanol–water partition coefficient (Wildman–Crippen LogP) is 3.43. The molecule has 1 aliphatic heterocycles. The first-order valence-electron chi connectivity index (χ1n) is 9.32. The van der Waals surface area contributed by atoms with E-state index in [4.69, 9.17) is 5.41 Å². The molecule has 2 aromatic rings. The smallest absolute Gasteiger partial charge is 0.360 e. The fourth-order valence-corrected chi connectivity index (χ4v) is 3.09. The Kier molecular flexibility index (Phi) is 6.65. The highest BCUT2D eigenvalue weighted by molar-refractivity contribution is 5.98.